The Kier molecular flexibility index (Phi) is 14.5. The van der Waals surface area contributed by atoms with Crippen molar-refractivity contribution in [3.63, 3.8) is 0 Å². The van der Waals surface area contributed by atoms with E-state index >= 15 is 0 Å². The highest BCUT2D eigenvalue weighted by atomic mass is 16.5. The molecule has 0 unspecified atom stereocenters. The van der Waals surface area contributed by atoms with Gasteiger partial charge in [-0.3, -0.25) is 0 Å². The molecular weight excluding hydrogens is 480 g/mol. The Labute approximate surface area is 238 Å². The molecular formula is C36H54O3. The van der Waals surface area contributed by atoms with Crippen LogP contribution < -0.4 is 4.74 Å². The third-order valence-corrected chi connectivity index (χ3v) is 8.78. The molecule has 0 bridgehead atoms. The average Bonchev–Trinajstić information content (AvgIpc) is 2.96. The van der Waals surface area contributed by atoms with Crippen LogP contribution in [-0.4, -0.2) is 17.7 Å². The lowest BCUT2D eigenvalue weighted by molar-refractivity contribution is 0.0697. The first kappa shape index (κ1) is 31.2. The van der Waals surface area contributed by atoms with Crippen molar-refractivity contribution < 1.29 is 14.6 Å². The molecule has 1 aliphatic rings. The van der Waals surface area contributed by atoms with Crippen LogP contribution in [0.15, 0.2) is 42.5 Å². The van der Waals surface area contributed by atoms with Gasteiger partial charge < -0.3 is 9.84 Å². The molecule has 2 aromatic carbocycles. The minimum atomic E-state index is -0.894. The highest BCUT2D eigenvalue weighted by molar-refractivity contribution is 5.96. The van der Waals surface area contributed by atoms with Gasteiger partial charge in [-0.25, -0.2) is 4.79 Å². The maximum atomic E-state index is 11.9. The molecule has 1 fully saturated rings. The summed E-state index contributed by atoms with van der Waals surface area (Å²) < 4.78 is 6.02. The quantitative estimate of drug-likeness (QED) is 0.182. The molecule has 216 valence electrons. The Bertz CT molecular complexity index is 940. The van der Waals surface area contributed by atoms with Gasteiger partial charge in [-0.1, -0.05) is 134 Å². The number of unbranched alkanes of at least 4 members (excludes halogenated alkanes) is 9. The number of carboxylic acids is 1. The molecule has 0 aliphatic heterocycles. The Morgan fingerprint density at radius 1 is 0.744 bits per heavy atom. The van der Waals surface area contributed by atoms with E-state index < -0.39 is 5.97 Å². The zero-order valence-corrected chi connectivity index (χ0v) is 24.9. The molecule has 1 aliphatic carbocycles. The fourth-order valence-corrected chi connectivity index (χ4v) is 6.18. The van der Waals surface area contributed by atoms with E-state index in [1.807, 2.05) is 6.07 Å². The molecule has 0 amide bonds. The number of ether oxygens (including phenoxy) is 1. The molecule has 3 nitrogen and oxygen atoms in total. The first-order chi connectivity index (χ1) is 19.1. The summed E-state index contributed by atoms with van der Waals surface area (Å²) in [6.07, 6.45) is 23.7. The lowest BCUT2D eigenvalue weighted by Gasteiger charge is -2.28. The summed E-state index contributed by atoms with van der Waals surface area (Å²) in [7, 11) is 0. The molecule has 0 aromatic heterocycles. The van der Waals surface area contributed by atoms with Crippen molar-refractivity contribution in [3.8, 4) is 16.9 Å². The minimum Gasteiger partial charge on any atom is -0.494 e. The average molecular weight is 535 g/mol. The van der Waals surface area contributed by atoms with Gasteiger partial charge >= 0.3 is 5.97 Å². The number of hydrogen-bond donors (Lipinski definition) is 1. The molecule has 0 radical (unpaired) electrons. The fraction of sp³-hybridized carbons (Fsp3) is 0.639. The monoisotopic (exact) mass is 534 g/mol. The Balaban J connectivity index is 1.46. The minimum absolute atomic E-state index is 0.331. The highest BCUT2D eigenvalue weighted by Crippen LogP contribution is 2.35. The summed E-state index contributed by atoms with van der Waals surface area (Å²) in [6.45, 7) is 5.22. The van der Waals surface area contributed by atoms with Crippen molar-refractivity contribution >= 4 is 5.97 Å². The molecule has 39 heavy (non-hydrogen) atoms. The van der Waals surface area contributed by atoms with Crippen molar-refractivity contribution in [2.45, 2.75) is 129 Å². The van der Waals surface area contributed by atoms with Crippen LogP contribution in [-0.2, 0) is 6.42 Å². The maximum absolute atomic E-state index is 11.9. The summed E-state index contributed by atoms with van der Waals surface area (Å²) in [5.41, 5.74) is 3.37. The van der Waals surface area contributed by atoms with E-state index in [0.29, 0.717) is 12.2 Å². The molecule has 0 heterocycles. The third kappa shape index (κ3) is 11.4. The van der Waals surface area contributed by atoms with Crippen LogP contribution in [0.4, 0.5) is 0 Å². The van der Waals surface area contributed by atoms with Crippen LogP contribution in [0.3, 0.4) is 0 Å². The van der Waals surface area contributed by atoms with Crippen molar-refractivity contribution in [2.24, 2.45) is 11.8 Å². The summed E-state index contributed by atoms with van der Waals surface area (Å²) in [6, 6.07) is 13.9. The number of carbonyl (C=O) groups is 1. The number of hydrogen-bond acceptors (Lipinski definition) is 2. The Hall–Kier alpha value is -2.29. The zero-order chi connectivity index (χ0) is 27.7. The predicted molar refractivity (Wildman–Crippen MR) is 165 cm³/mol. The standard InChI is InChI=1S/C36H54O3/c1-3-5-7-8-9-10-11-13-27-39-33-25-26-34(36(37)38)35(28-33)32-23-21-31(22-24-32)20-19-30-17-15-29(16-18-30)14-12-6-4-2/h21-26,28-30H,3-20,27H2,1-2H3,(H,37,38). The van der Waals surface area contributed by atoms with E-state index in [-0.39, 0.29) is 0 Å². The van der Waals surface area contributed by atoms with Crippen LogP contribution in [0.25, 0.3) is 11.1 Å². The van der Waals surface area contributed by atoms with Crippen molar-refractivity contribution in [2.75, 3.05) is 6.61 Å². The second-order valence-corrected chi connectivity index (χ2v) is 12.0. The van der Waals surface area contributed by atoms with Crippen molar-refractivity contribution in [3.05, 3.63) is 53.6 Å². The number of carboxylic acid groups (broad SMARTS) is 1. The molecule has 1 N–H and O–H groups in total. The van der Waals surface area contributed by atoms with Crippen LogP contribution >= 0.6 is 0 Å². The maximum Gasteiger partial charge on any atom is 0.336 e. The van der Waals surface area contributed by atoms with Gasteiger partial charge in [0.2, 0.25) is 0 Å². The summed E-state index contributed by atoms with van der Waals surface area (Å²) >= 11 is 0. The SMILES string of the molecule is CCCCCCCCCCOc1ccc(C(=O)O)c(-c2ccc(CCC3CCC(CCCCC)CC3)cc2)c1. The topological polar surface area (TPSA) is 46.5 Å². The molecule has 0 saturated heterocycles. The van der Waals surface area contributed by atoms with E-state index in [0.717, 1.165) is 41.6 Å². The van der Waals surface area contributed by atoms with E-state index in [4.69, 9.17) is 4.74 Å². The lowest BCUT2D eigenvalue weighted by atomic mass is 9.78. The predicted octanol–water partition coefficient (Wildman–Crippen LogP) is 10.9. The fourth-order valence-electron chi connectivity index (χ4n) is 6.18. The van der Waals surface area contributed by atoms with Gasteiger partial charge in [0.15, 0.2) is 0 Å². The highest BCUT2D eigenvalue weighted by Gasteiger charge is 2.20. The molecule has 2 aromatic rings. The van der Waals surface area contributed by atoms with E-state index in [1.165, 1.54) is 108 Å². The van der Waals surface area contributed by atoms with Gasteiger partial charge in [0.1, 0.15) is 5.75 Å². The van der Waals surface area contributed by atoms with Gasteiger partial charge in [-0.2, -0.15) is 0 Å². The summed E-state index contributed by atoms with van der Waals surface area (Å²) in [5.74, 6) is 1.69. The van der Waals surface area contributed by atoms with Gasteiger partial charge in [0, 0.05) is 0 Å². The van der Waals surface area contributed by atoms with E-state index in [2.05, 4.69) is 38.1 Å². The van der Waals surface area contributed by atoms with Gasteiger partial charge in [-0.05, 0) is 66.0 Å². The number of aromatic carboxylic acids is 1. The first-order valence-corrected chi connectivity index (χ1v) is 16.2. The third-order valence-electron chi connectivity index (χ3n) is 8.78. The zero-order valence-electron chi connectivity index (χ0n) is 24.9. The van der Waals surface area contributed by atoms with Gasteiger partial charge in [0.05, 0.1) is 12.2 Å². The Morgan fingerprint density at radius 3 is 1.97 bits per heavy atom. The summed E-state index contributed by atoms with van der Waals surface area (Å²) in [5, 5.41) is 9.79. The van der Waals surface area contributed by atoms with Crippen LogP contribution in [0, 0.1) is 11.8 Å². The molecule has 0 atom stereocenters. The smallest absolute Gasteiger partial charge is 0.336 e. The van der Waals surface area contributed by atoms with Crippen molar-refractivity contribution in [1.29, 1.82) is 0 Å². The largest absolute Gasteiger partial charge is 0.494 e. The second-order valence-electron chi connectivity index (χ2n) is 12.0. The second kappa shape index (κ2) is 18.1. The normalized spacial score (nSPS) is 17.3. The van der Waals surface area contributed by atoms with Crippen molar-refractivity contribution in [1.82, 2.24) is 0 Å². The van der Waals surface area contributed by atoms with E-state index in [9.17, 15) is 9.90 Å². The van der Waals surface area contributed by atoms with Crippen LogP contribution in [0.5, 0.6) is 5.75 Å². The number of benzene rings is 2. The van der Waals surface area contributed by atoms with Gasteiger partial charge in [0.25, 0.3) is 0 Å². The molecule has 3 heteroatoms. The van der Waals surface area contributed by atoms with E-state index in [1.54, 1.807) is 12.1 Å². The number of aryl methyl sites for hydroxylation is 1. The van der Waals surface area contributed by atoms with Crippen LogP contribution in [0.1, 0.15) is 139 Å². The first-order valence-electron chi connectivity index (χ1n) is 16.2. The lowest BCUT2D eigenvalue weighted by Crippen LogP contribution is -2.15. The summed E-state index contributed by atoms with van der Waals surface area (Å²) in [4.78, 5) is 11.9. The van der Waals surface area contributed by atoms with Gasteiger partial charge in [-0.15, -0.1) is 0 Å². The molecule has 1 saturated carbocycles. The number of rotatable bonds is 19. The molecule has 3 rings (SSSR count). The molecule has 0 spiro atoms. The van der Waals surface area contributed by atoms with Crippen LogP contribution in [0.2, 0.25) is 0 Å². The Morgan fingerprint density at radius 2 is 1.33 bits per heavy atom.